The molecule has 6 nitrogen and oxygen atoms in total. The van der Waals surface area contributed by atoms with Gasteiger partial charge in [-0.3, -0.25) is 4.79 Å². The fourth-order valence-electron chi connectivity index (χ4n) is 3.07. The van der Waals surface area contributed by atoms with E-state index in [0.717, 1.165) is 24.3 Å². The quantitative estimate of drug-likeness (QED) is 0.484. The van der Waals surface area contributed by atoms with Crippen molar-refractivity contribution in [1.82, 2.24) is 4.31 Å². The molecule has 1 N–H and O–H groups in total. The van der Waals surface area contributed by atoms with E-state index in [9.17, 15) is 26.4 Å². The second-order valence-corrected chi connectivity index (χ2v) is 8.80. The van der Waals surface area contributed by atoms with Crippen LogP contribution in [0.2, 0.25) is 0 Å². The van der Waals surface area contributed by atoms with Crippen LogP contribution in [0.4, 0.5) is 18.9 Å². The molecule has 3 aromatic carbocycles. The largest absolute Gasteiger partial charge is 0.455 e. The third-order valence-corrected chi connectivity index (χ3v) is 6.83. The van der Waals surface area contributed by atoms with Crippen molar-refractivity contribution in [3.63, 3.8) is 0 Å². The lowest BCUT2D eigenvalue weighted by Gasteiger charge is -2.20. The van der Waals surface area contributed by atoms with Gasteiger partial charge in [0.05, 0.1) is 16.1 Å². The minimum Gasteiger partial charge on any atom is -0.455 e. The first kappa shape index (κ1) is 24.3. The first-order valence-electron chi connectivity index (χ1n) is 10.00. The van der Waals surface area contributed by atoms with Gasteiger partial charge < -0.3 is 10.1 Å². The van der Waals surface area contributed by atoms with Gasteiger partial charge in [-0.05, 0) is 54.6 Å². The molecule has 0 unspecified atom stereocenters. The molecule has 174 valence electrons. The highest BCUT2D eigenvalue weighted by atomic mass is 32.2. The van der Waals surface area contributed by atoms with Crippen molar-refractivity contribution in [1.29, 1.82) is 0 Å². The molecule has 3 aromatic rings. The van der Waals surface area contributed by atoms with E-state index < -0.39 is 38.9 Å². The molecule has 1 amide bonds. The van der Waals surface area contributed by atoms with Crippen LogP contribution in [0.25, 0.3) is 0 Å². The summed E-state index contributed by atoms with van der Waals surface area (Å²) in [4.78, 5) is 12.5. The lowest BCUT2D eigenvalue weighted by molar-refractivity contribution is 0.102. The highest BCUT2D eigenvalue weighted by Gasteiger charge is 2.24. The molecule has 0 aliphatic rings. The summed E-state index contributed by atoms with van der Waals surface area (Å²) in [6.07, 6.45) is 0. The maximum absolute atomic E-state index is 14.1. The third kappa shape index (κ3) is 5.35. The lowest BCUT2D eigenvalue weighted by Crippen LogP contribution is -2.30. The number of nitrogens with one attached hydrogen (secondary N) is 1. The second-order valence-electron chi connectivity index (χ2n) is 6.86. The average Bonchev–Trinajstić information content (AvgIpc) is 2.78. The van der Waals surface area contributed by atoms with Crippen LogP contribution in [0, 0.1) is 17.5 Å². The maximum atomic E-state index is 14.1. The second kappa shape index (κ2) is 10.1. The van der Waals surface area contributed by atoms with Crippen LogP contribution in [0.3, 0.4) is 0 Å². The molecule has 0 radical (unpaired) electrons. The number of ether oxygens (including phenoxy) is 1. The van der Waals surface area contributed by atoms with Gasteiger partial charge in [0.1, 0.15) is 11.6 Å². The molecule has 0 bridgehead atoms. The van der Waals surface area contributed by atoms with Crippen LogP contribution in [-0.2, 0) is 10.0 Å². The molecule has 0 saturated carbocycles. The number of rotatable bonds is 8. The third-order valence-electron chi connectivity index (χ3n) is 4.78. The minimum atomic E-state index is -3.89. The number of benzene rings is 3. The standard InChI is InChI=1S/C23H21F3N2O4S/c1-3-28(4-2)33(30,31)17-12-13-21(32-16-10-8-15(24)9-11-16)20(14-17)27-23(29)18-6-5-7-19(25)22(18)26/h5-14H,3-4H2,1-2H3,(H,27,29). The van der Waals surface area contributed by atoms with E-state index in [0.29, 0.717) is 0 Å². The molecular weight excluding hydrogens is 457 g/mol. The molecule has 3 rings (SSSR count). The zero-order valence-electron chi connectivity index (χ0n) is 17.8. The highest BCUT2D eigenvalue weighted by molar-refractivity contribution is 7.89. The Morgan fingerprint density at radius 2 is 1.64 bits per heavy atom. The van der Waals surface area contributed by atoms with Crippen LogP contribution < -0.4 is 10.1 Å². The summed E-state index contributed by atoms with van der Waals surface area (Å²) in [7, 11) is -3.89. The number of carbonyl (C=O) groups excluding carboxylic acids is 1. The van der Waals surface area contributed by atoms with Crippen molar-refractivity contribution < 1.29 is 31.1 Å². The molecule has 0 saturated heterocycles. The molecular formula is C23H21F3N2O4S. The number of halogens is 3. The predicted molar refractivity (Wildman–Crippen MR) is 117 cm³/mol. The van der Waals surface area contributed by atoms with Gasteiger partial charge in [-0.2, -0.15) is 4.31 Å². The van der Waals surface area contributed by atoms with Crippen molar-refractivity contribution in [2.75, 3.05) is 18.4 Å². The van der Waals surface area contributed by atoms with Gasteiger partial charge in [-0.25, -0.2) is 21.6 Å². The minimum absolute atomic E-state index is 0.0188. The number of hydrogen-bond acceptors (Lipinski definition) is 4. The number of nitrogens with zero attached hydrogens (tertiary/aromatic N) is 1. The Bertz CT molecular complexity index is 1260. The number of carbonyl (C=O) groups is 1. The van der Waals surface area contributed by atoms with E-state index in [1.807, 2.05) is 0 Å². The van der Waals surface area contributed by atoms with E-state index >= 15 is 0 Å². The Kier molecular flexibility index (Phi) is 7.39. The van der Waals surface area contributed by atoms with Crippen molar-refractivity contribution >= 4 is 21.6 Å². The molecule has 0 atom stereocenters. The summed E-state index contributed by atoms with van der Waals surface area (Å²) in [5.74, 6) is -3.81. The highest BCUT2D eigenvalue weighted by Crippen LogP contribution is 2.33. The zero-order chi connectivity index (χ0) is 24.2. The summed E-state index contributed by atoms with van der Waals surface area (Å²) < 4.78 is 73.6. The van der Waals surface area contributed by atoms with Gasteiger partial charge in [0.2, 0.25) is 10.0 Å². The summed E-state index contributed by atoms with van der Waals surface area (Å²) in [5, 5.41) is 2.39. The molecule has 10 heteroatoms. The van der Waals surface area contributed by atoms with Crippen LogP contribution in [0.1, 0.15) is 24.2 Å². The fourth-order valence-corrected chi connectivity index (χ4v) is 4.55. The van der Waals surface area contributed by atoms with Crippen molar-refractivity contribution in [3.8, 4) is 11.5 Å². The molecule has 33 heavy (non-hydrogen) atoms. The van der Waals surface area contributed by atoms with E-state index in [1.54, 1.807) is 13.8 Å². The normalized spacial score (nSPS) is 11.5. The van der Waals surface area contributed by atoms with Gasteiger partial charge >= 0.3 is 0 Å². The SMILES string of the molecule is CCN(CC)S(=O)(=O)c1ccc(Oc2ccc(F)cc2)c(NC(=O)c2cccc(F)c2F)c1. The molecule has 0 aromatic heterocycles. The Morgan fingerprint density at radius 1 is 0.970 bits per heavy atom. The van der Waals surface area contributed by atoms with Gasteiger partial charge in [0.25, 0.3) is 5.91 Å². The van der Waals surface area contributed by atoms with Crippen molar-refractivity contribution in [2.24, 2.45) is 0 Å². The topological polar surface area (TPSA) is 75.7 Å². The molecule has 0 aliphatic heterocycles. The first-order chi connectivity index (χ1) is 15.7. The van der Waals surface area contributed by atoms with Crippen LogP contribution in [0.15, 0.2) is 65.6 Å². The number of anilines is 1. The summed E-state index contributed by atoms with van der Waals surface area (Å²) in [6.45, 7) is 3.82. The number of hydrogen-bond donors (Lipinski definition) is 1. The van der Waals surface area contributed by atoms with Gasteiger partial charge in [0.15, 0.2) is 17.4 Å². The summed E-state index contributed by atoms with van der Waals surface area (Å²) in [5.41, 5.74) is -0.666. The monoisotopic (exact) mass is 478 g/mol. The molecule has 0 fully saturated rings. The maximum Gasteiger partial charge on any atom is 0.258 e. The number of sulfonamides is 1. The van der Waals surface area contributed by atoms with Crippen LogP contribution in [-0.4, -0.2) is 31.7 Å². The molecule has 0 aliphatic carbocycles. The fraction of sp³-hybridized carbons (Fsp3) is 0.174. The van der Waals surface area contributed by atoms with Gasteiger partial charge in [0, 0.05) is 13.1 Å². The zero-order valence-corrected chi connectivity index (χ0v) is 18.6. The van der Waals surface area contributed by atoms with Gasteiger partial charge in [-0.15, -0.1) is 0 Å². The van der Waals surface area contributed by atoms with Crippen molar-refractivity contribution in [2.45, 2.75) is 18.7 Å². The van der Waals surface area contributed by atoms with E-state index in [-0.39, 0.29) is 35.2 Å². The first-order valence-corrected chi connectivity index (χ1v) is 11.4. The Hall–Kier alpha value is -3.37. The molecule has 0 spiro atoms. The van der Waals surface area contributed by atoms with Gasteiger partial charge in [-0.1, -0.05) is 19.9 Å². The van der Waals surface area contributed by atoms with Crippen LogP contribution in [0.5, 0.6) is 11.5 Å². The van der Waals surface area contributed by atoms with E-state index in [4.69, 9.17) is 4.74 Å². The van der Waals surface area contributed by atoms with Crippen LogP contribution >= 0.6 is 0 Å². The van der Waals surface area contributed by atoms with E-state index in [1.165, 1.54) is 40.7 Å². The summed E-state index contributed by atoms with van der Waals surface area (Å²) in [6, 6.07) is 11.9. The average molecular weight is 478 g/mol. The Labute approximate surface area is 189 Å². The number of amides is 1. The molecule has 0 heterocycles. The summed E-state index contributed by atoms with van der Waals surface area (Å²) >= 11 is 0. The predicted octanol–water partition coefficient (Wildman–Crippen LogP) is 5.18. The smallest absolute Gasteiger partial charge is 0.258 e. The Morgan fingerprint density at radius 3 is 2.27 bits per heavy atom. The van der Waals surface area contributed by atoms with Crippen molar-refractivity contribution in [3.05, 3.63) is 83.7 Å². The lowest BCUT2D eigenvalue weighted by atomic mass is 10.2. The van der Waals surface area contributed by atoms with E-state index in [2.05, 4.69) is 5.32 Å². The Balaban J connectivity index is 2.05.